The van der Waals surface area contributed by atoms with Gasteiger partial charge in [-0.1, -0.05) is 13.0 Å². The third-order valence-corrected chi connectivity index (χ3v) is 8.10. The van der Waals surface area contributed by atoms with Gasteiger partial charge >= 0.3 is 0 Å². The third-order valence-electron chi connectivity index (χ3n) is 8.10. The first-order valence-corrected chi connectivity index (χ1v) is 13.7. The van der Waals surface area contributed by atoms with Gasteiger partial charge < -0.3 is 24.7 Å². The Morgan fingerprint density at radius 1 is 1.14 bits per heavy atom. The molecule has 1 saturated heterocycles. The minimum absolute atomic E-state index is 0.0922. The Bertz CT molecular complexity index is 1750. The van der Waals surface area contributed by atoms with Crippen LogP contribution in [0.5, 0.6) is 0 Å². The zero-order valence-electron chi connectivity index (χ0n) is 23.4. The Labute approximate surface area is 240 Å². The van der Waals surface area contributed by atoms with Crippen LogP contribution < -0.4 is 10.6 Å². The summed E-state index contributed by atoms with van der Waals surface area (Å²) in [5, 5.41) is 14.1. The number of nitrogens with one attached hydrogen (secondary N) is 2. The highest BCUT2D eigenvalue weighted by molar-refractivity contribution is 6.08. The predicted molar refractivity (Wildman–Crippen MR) is 154 cm³/mol. The Balaban J connectivity index is 1.25. The van der Waals surface area contributed by atoms with Crippen LogP contribution in [-0.4, -0.2) is 66.5 Å². The van der Waals surface area contributed by atoms with E-state index >= 15 is 0 Å². The second-order valence-electron chi connectivity index (χ2n) is 11.0. The first-order chi connectivity index (χ1) is 20.1. The number of likely N-dealkylation sites (tertiary alicyclic amines) is 1. The number of Topliss-reactive ketones (excluding diaryl/α,β-unsaturated/α-hetero) is 1. The number of amides is 3. The van der Waals surface area contributed by atoms with E-state index in [1.807, 2.05) is 31.2 Å². The molecular formula is C30H30FN7O4. The maximum Gasteiger partial charge on any atom is 0.247 e. The Kier molecular flexibility index (Phi) is 6.83. The van der Waals surface area contributed by atoms with Crippen molar-refractivity contribution in [1.29, 1.82) is 0 Å². The quantitative estimate of drug-likeness (QED) is 0.342. The molecule has 1 unspecified atom stereocenters. The monoisotopic (exact) mass is 571 g/mol. The number of aryl methyl sites for hydroxylation is 1. The molecule has 1 aromatic carbocycles. The highest BCUT2D eigenvalue weighted by Gasteiger charge is 2.40. The Hall–Kier alpha value is -4.87. The topological polar surface area (TPSA) is 131 Å². The van der Waals surface area contributed by atoms with Crippen molar-refractivity contribution in [3.05, 3.63) is 60.2 Å². The summed E-state index contributed by atoms with van der Waals surface area (Å²) in [7, 11) is 1.77. The van der Waals surface area contributed by atoms with Crippen molar-refractivity contribution < 1.29 is 23.6 Å². The average Bonchev–Trinajstić information content (AvgIpc) is 3.63. The molecule has 42 heavy (non-hydrogen) atoms. The van der Waals surface area contributed by atoms with Crippen molar-refractivity contribution in [3.63, 3.8) is 0 Å². The van der Waals surface area contributed by atoms with Gasteiger partial charge in [0.2, 0.25) is 17.7 Å². The number of hydrogen-bond donors (Lipinski definition) is 2. The van der Waals surface area contributed by atoms with Crippen molar-refractivity contribution in [2.24, 2.45) is 13.0 Å². The molecule has 2 N–H and O–H groups in total. The zero-order chi connectivity index (χ0) is 29.7. The van der Waals surface area contributed by atoms with Crippen LogP contribution in [0.25, 0.3) is 22.0 Å². The number of nitrogens with zero attached hydrogens (tertiary/aromatic N) is 5. The Morgan fingerprint density at radius 2 is 1.95 bits per heavy atom. The fourth-order valence-electron chi connectivity index (χ4n) is 5.90. The standard InChI is InChI=1S/C30H30FN7O4/c1-16-8-22-24(14-36(3)28(22)35-29(16)41)34-30(42)26-10-20(31)12-38(26)27(40)15-37-13-23(17(2)39)21-9-18(4-5-25(21)37)19-6-7-32-33-11-19/h4-7,9,11,13-14,16,20,26H,8,10,12,15H2,1-3H3,(H,34,42)(H,35,41)/t16?,20-,26+/m1/s1. The summed E-state index contributed by atoms with van der Waals surface area (Å²) in [6.07, 6.45) is 5.54. The number of carbonyl (C=O) groups is 4. The molecule has 5 heterocycles. The first kappa shape index (κ1) is 27.3. The maximum absolute atomic E-state index is 14.7. The fraction of sp³-hybridized carbons (Fsp3) is 0.333. The maximum atomic E-state index is 14.7. The van der Waals surface area contributed by atoms with Gasteiger partial charge in [-0.15, -0.1) is 0 Å². The number of halogens is 1. The van der Waals surface area contributed by atoms with Gasteiger partial charge in [-0.3, -0.25) is 19.2 Å². The van der Waals surface area contributed by atoms with Gasteiger partial charge in [0.1, 0.15) is 24.6 Å². The van der Waals surface area contributed by atoms with Crippen molar-refractivity contribution >= 4 is 45.9 Å². The molecule has 0 saturated carbocycles. The number of anilines is 2. The lowest BCUT2D eigenvalue weighted by molar-refractivity contribution is -0.137. The molecule has 0 aliphatic carbocycles. The average molecular weight is 572 g/mol. The minimum Gasteiger partial charge on any atom is -0.337 e. The molecule has 3 atom stereocenters. The largest absolute Gasteiger partial charge is 0.337 e. The lowest BCUT2D eigenvalue weighted by Crippen LogP contribution is -2.44. The normalized spacial score (nSPS) is 20.0. The number of fused-ring (bicyclic) bond motifs is 2. The summed E-state index contributed by atoms with van der Waals surface area (Å²) in [5.41, 5.74) is 4.13. The van der Waals surface area contributed by atoms with Crippen molar-refractivity contribution in [1.82, 2.24) is 24.2 Å². The summed E-state index contributed by atoms with van der Waals surface area (Å²) in [4.78, 5) is 52.9. The summed E-state index contributed by atoms with van der Waals surface area (Å²) in [6.45, 7) is 2.90. The molecule has 0 radical (unpaired) electrons. The summed E-state index contributed by atoms with van der Waals surface area (Å²) in [6, 6.07) is 6.39. The molecule has 12 heteroatoms. The van der Waals surface area contributed by atoms with Gasteiger partial charge in [0, 0.05) is 59.4 Å². The van der Waals surface area contributed by atoms with Gasteiger partial charge in [-0.05, 0) is 37.1 Å². The first-order valence-electron chi connectivity index (χ1n) is 13.7. The second kappa shape index (κ2) is 10.5. The number of alkyl halides is 1. The Morgan fingerprint density at radius 3 is 2.69 bits per heavy atom. The van der Waals surface area contributed by atoms with E-state index in [2.05, 4.69) is 20.8 Å². The molecule has 3 aromatic heterocycles. The van der Waals surface area contributed by atoms with E-state index in [1.54, 1.807) is 41.0 Å². The fourth-order valence-corrected chi connectivity index (χ4v) is 5.90. The summed E-state index contributed by atoms with van der Waals surface area (Å²) < 4.78 is 18.1. The molecule has 2 aliphatic rings. The van der Waals surface area contributed by atoms with Crippen LogP contribution >= 0.6 is 0 Å². The van der Waals surface area contributed by atoms with Crippen LogP contribution in [0.15, 0.2) is 49.1 Å². The van der Waals surface area contributed by atoms with Gasteiger partial charge in [0.15, 0.2) is 5.78 Å². The molecule has 2 aliphatic heterocycles. The van der Waals surface area contributed by atoms with E-state index in [0.29, 0.717) is 34.4 Å². The van der Waals surface area contributed by atoms with E-state index in [4.69, 9.17) is 0 Å². The molecule has 6 rings (SSSR count). The molecule has 216 valence electrons. The number of rotatable bonds is 6. The number of hydrogen-bond acceptors (Lipinski definition) is 6. The van der Waals surface area contributed by atoms with E-state index < -0.39 is 24.0 Å². The lowest BCUT2D eigenvalue weighted by Gasteiger charge is -2.25. The third kappa shape index (κ3) is 4.82. The second-order valence-corrected chi connectivity index (χ2v) is 11.0. The molecule has 4 aromatic rings. The molecule has 1 fully saturated rings. The van der Waals surface area contributed by atoms with E-state index in [0.717, 1.165) is 16.7 Å². The summed E-state index contributed by atoms with van der Waals surface area (Å²) in [5.74, 6) is -0.815. The van der Waals surface area contributed by atoms with E-state index in [1.165, 1.54) is 11.8 Å². The van der Waals surface area contributed by atoms with Crippen LogP contribution in [0.4, 0.5) is 15.9 Å². The van der Waals surface area contributed by atoms with Crippen molar-refractivity contribution in [2.45, 2.75) is 45.4 Å². The molecular weight excluding hydrogens is 541 g/mol. The van der Waals surface area contributed by atoms with Crippen LogP contribution in [0.1, 0.15) is 36.2 Å². The van der Waals surface area contributed by atoms with Crippen LogP contribution in [0.3, 0.4) is 0 Å². The number of ketones is 1. The highest BCUT2D eigenvalue weighted by Crippen LogP contribution is 2.34. The molecule has 3 amide bonds. The molecule has 11 nitrogen and oxygen atoms in total. The molecule has 0 spiro atoms. The predicted octanol–water partition coefficient (Wildman–Crippen LogP) is 3.35. The van der Waals surface area contributed by atoms with E-state index in [9.17, 15) is 23.6 Å². The van der Waals surface area contributed by atoms with Crippen LogP contribution in [0.2, 0.25) is 0 Å². The van der Waals surface area contributed by atoms with Gasteiger partial charge in [0.05, 0.1) is 24.6 Å². The van der Waals surface area contributed by atoms with Crippen LogP contribution in [0, 0.1) is 5.92 Å². The zero-order valence-corrected chi connectivity index (χ0v) is 23.4. The number of carbonyl (C=O) groups excluding carboxylic acids is 4. The van der Waals surface area contributed by atoms with E-state index in [-0.39, 0.29) is 37.1 Å². The summed E-state index contributed by atoms with van der Waals surface area (Å²) >= 11 is 0. The SMILES string of the molecule is CC(=O)c1cn(CC(=O)N2C[C@H](F)C[C@H]2C(=O)Nc2cn(C)c3c2CC(C)C(=O)N3)c2ccc(-c3ccnnc3)cc12. The smallest absolute Gasteiger partial charge is 0.247 e. The number of aromatic nitrogens is 4. The van der Waals surface area contributed by atoms with Gasteiger partial charge in [-0.25, -0.2) is 4.39 Å². The minimum atomic E-state index is -1.35. The lowest BCUT2D eigenvalue weighted by atomic mass is 9.97. The van der Waals surface area contributed by atoms with Gasteiger partial charge in [-0.2, -0.15) is 10.2 Å². The number of benzene rings is 1. The van der Waals surface area contributed by atoms with Crippen molar-refractivity contribution in [2.75, 3.05) is 17.2 Å². The molecule has 0 bridgehead atoms. The van der Waals surface area contributed by atoms with Crippen molar-refractivity contribution in [3.8, 4) is 11.1 Å². The van der Waals surface area contributed by atoms with Gasteiger partial charge in [0.25, 0.3) is 0 Å². The highest BCUT2D eigenvalue weighted by atomic mass is 19.1. The van der Waals surface area contributed by atoms with Crippen LogP contribution in [-0.2, 0) is 34.4 Å².